The number of halogens is 1. The number of nitrogens with zero attached hydrogens (tertiary/aromatic N) is 3. The molecule has 0 unspecified atom stereocenters. The molecule has 2 aliphatic rings. The Labute approximate surface area is 213 Å². The summed E-state index contributed by atoms with van der Waals surface area (Å²) in [4.78, 5) is 34.0. The van der Waals surface area contributed by atoms with Gasteiger partial charge in [-0.2, -0.15) is 5.06 Å². The van der Waals surface area contributed by atoms with Crippen LogP contribution in [-0.2, 0) is 23.9 Å². The van der Waals surface area contributed by atoms with Crippen LogP contribution in [0.5, 0.6) is 0 Å². The summed E-state index contributed by atoms with van der Waals surface area (Å²) in [5, 5.41) is 11.6. The zero-order valence-electron chi connectivity index (χ0n) is 21.5. The minimum Gasteiger partial charge on any atom is -0.378 e. The molecule has 9 nitrogen and oxygen atoms in total. The average molecular weight is 510 g/mol. The van der Waals surface area contributed by atoms with Gasteiger partial charge in [-0.25, -0.2) is 9.18 Å². The van der Waals surface area contributed by atoms with Crippen molar-refractivity contribution in [3.05, 3.63) is 24.0 Å². The first-order chi connectivity index (χ1) is 17.4. The fraction of sp³-hybridized carbons (Fsp3) is 0.692. The molecular weight excluding hydrogens is 469 g/mol. The summed E-state index contributed by atoms with van der Waals surface area (Å²) in [5.74, 6) is -1.13. The van der Waals surface area contributed by atoms with Crippen LogP contribution in [0.15, 0.2) is 18.2 Å². The Bertz CT molecular complexity index is 851. The van der Waals surface area contributed by atoms with Crippen LogP contribution in [0.3, 0.4) is 0 Å². The number of carbonyl (C=O) groups is 2. The third-order valence-electron chi connectivity index (χ3n) is 6.43. The van der Waals surface area contributed by atoms with Crippen LogP contribution in [-0.4, -0.2) is 74.0 Å². The molecule has 1 aromatic rings. The summed E-state index contributed by atoms with van der Waals surface area (Å²) in [6.07, 6.45) is 3.75. The van der Waals surface area contributed by atoms with E-state index in [9.17, 15) is 19.1 Å². The number of aliphatic hydroxyl groups is 1. The highest BCUT2D eigenvalue weighted by atomic mass is 19.1. The number of rotatable bonds is 12. The number of morpholine rings is 1. The van der Waals surface area contributed by atoms with Gasteiger partial charge in [-0.15, -0.1) is 0 Å². The number of benzene rings is 1. The van der Waals surface area contributed by atoms with Crippen LogP contribution in [0, 0.1) is 5.82 Å². The molecule has 2 fully saturated rings. The van der Waals surface area contributed by atoms with Gasteiger partial charge in [-0.1, -0.05) is 39.5 Å². The number of hydrogen-bond acceptors (Lipinski definition) is 8. The third kappa shape index (κ3) is 8.04. The number of aliphatic hydroxyl groups excluding tert-OH is 1. The number of anilines is 2. The second kappa shape index (κ2) is 14.3. The molecule has 1 N–H and O–H groups in total. The van der Waals surface area contributed by atoms with Gasteiger partial charge in [0, 0.05) is 31.6 Å². The SMILES string of the molecule is CCCCCC(=O)ON(C[C@H]1CN(c2ccc(N3CCOCC3)c(F)c2)[C@@H](O)O1)C(=O)CCCCC. The zero-order chi connectivity index (χ0) is 25.9. The summed E-state index contributed by atoms with van der Waals surface area (Å²) >= 11 is 0. The third-order valence-corrected chi connectivity index (χ3v) is 6.43. The highest BCUT2D eigenvalue weighted by Gasteiger charge is 2.35. The van der Waals surface area contributed by atoms with Gasteiger partial charge < -0.3 is 29.2 Å². The van der Waals surface area contributed by atoms with Crippen molar-refractivity contribution in [1.82, 2.24) is 5.06 Å². The van der Waals surface area contributed by atoms with Crippen LogP contribution in [0.25, 0.3) is 0 Å². The molecule has 1 aromatic carbocycles. The molecule has 0 spiro atoms. The molecule has 0 aromatic heterocycles. The van der Waals surface area contributed by atoms with Gasteiger partial charge >= 0.3 is 5.97 Å². The summed E-state index contributed by atoms with van der Waals surface area (Å²) < 4.78 is 25.9. The van der Waals surface area contributed by atoms with E-state index in [-0.39, 0.29) is 31.8 Å². The lowest BCUT2D eigenvalue weighted by Crippen LogP contribution is -2.40. The lowest BCUT2D eigenvalue weighted by molar-refractivity contribution is -0.206. The van der Waals surface area contributed by atoms with Crippen LogP contribution < -0.4 is 9.80 Å². The second-order valence-corrected chi connectivity index (χ2v) is 9.30. The highest BCUT2D eigenvalue weighted by molar-refractivity contribution is 5.78. The Kier molecular flexibility index (Phi) is 11.2. The van der Waals surface area contributed by atoms with Crippen LogP contribution >= 0.6 is 0 Å². The molecule has 2 aliphatic heterocycles. The van der Waals surface area contributed by atoms with Crippen LogP contribution in [0.1, 0.15) is 65.2 Å². The number of ether oxygens (including phenoxy) is 2. The summed E-state index contributed by atoms with van der Waals surface area (Å²) in [6, 6.07) is 4.81. The van der Waals surface area contributed by atoms with E-state index >= 15 is 0 Å². The van der Waals surface area contributed by atoms with Gasteiger partial charge in [-0.05, 0) is 31.0 Å². The topological polar surface area (TPSA) is 91.8 Å². The van der Waals surface area contributed by atoms with Crippen molar-refractivity contribution in [2.45, 2.75) is 77.7 Å². The molecule has 0 radical (unpaired) electrons. The van der Waals surface area contributed by atoms with Gasteiger partial charge in [0.05, 0.1) is 32.0 Å². The van der Waals surface area contributed by atoms with E-state index in [0.717, 1.165) is 30.7 Å². The highest BCUT2D eigenvalue weighted by Crippen LogP contribution is 2.29. The predicted octanol–water partition coefficient (Wildman–Crippen LogP) is 3.59. The van der Waals surface area contributed by atoms with E-state index in [1.54, 1.807) is 12.1 Å². The first-order valence-electron chi connectivity index (χ1n) is 13.2. The minimum absolute atomic E-state index is 0.00756. The molecule has 10 heteroatoms. The molecule has 202 valence electrons. The maximum Gasteiger partial charge on any atom is 0.332 e. The first-order valence-corrected chi connectivity index (χ1v) is 13.2. The summed E-state index contributed by atoms with van der Waals surface area (Å²) in [6.45, 7) is 6.65. The van der Waals surface area contributed by atoms with Crippen molar-refractivity contribution >= 4 is 23.3 Å². The molecule has 0 aliphatic carbocycles. The fourth-order valence-electron chi connectivity index (χ4n) is 4.38. The standard InChI is InChI=1S/C26H40FN3O6/c1-3-5-7-9-24(31)30(36-25(32)10-8-6-4-2)19-21-18-29(26(33)35-21)20-11-12-23(22(27)17-20)28-13-15-34-16-14-28/h11-12,17,21,26,33H,3-10,13-16,18-19H2,1-2H3/t21-,26+/m1/s1. The lowest BCUT2D eigenvalue weighted by Gasteiger charge is -2.30. The Morgan fingerprint density at radius 2 is 1.81 bits per heavy atom. The van der Waals surface area contributed by atoms with E-state index in [2.05, 4.69) is 6.92 Å². The van der Waals surface area contributed by atoms with Crippen molar-refractivity contribution in [2.24, 2.45) is 0 Å². The van der Waals surface area contributed by atoms with Gasteiger partial charge in [0.1, 0.15) is 11.9 Å². The van der Waals surface area contributed by atoms with E-state index in [1.807, 2.05) is 11.8 Å². The van der Waals surface area contributed by atoms with E-state index in [0.29, 0.717) is 50.5 Å². The first kappa shape index (κ1) is 28.1. The van der Waals surface area contributed by atoms with Crippen LogP contribution in [0.2, 0.25) is 0 Å². The quantitative estimate of drug-likeness (QED) is 0.338. The zero-order valence-corrected chi connectivity index (χ0v) is 21.5. The van der Waals surface area contributed by atoms with Gasteiger partial charge in [0.25, 0.3) is 5.91 Å². The summed E-state index contributed by atoms with van der Waals surface area (Å²) in [5.41, 5.74) is 0.962. The van der Waals surface area contributed by atoms with E-state index < -0.39 is 24.3 Å². The fourth-order valence-corrected chi connectivity index (χ4v) is 4.38. The largest absolute Gasteiger partial charge is 0.378 e. The molecule has 1 amide bonds. The van der Waals surface area contributed by atoms with Crippen molar-refractivity contribution in [3.63, 3.8) is 0 Å². The smallest absolute Gasteiger partial charge is 0.332 e. The predicted molar refractivity (Wildman–Crippen MR) is 134 cm³/mol. The molecule has 2 atom stereocenters. The molecule has 0 saturated carbocycles. The van der Waals surface area contributed by atoms with E-state index in [4.69, 9.17) is 14.3 Å². The number of amides is 1. The lowest BCUT2D eigenvalue weighted by atomic mass is 10.2. The Hall–Kier alpha value is -2.43. The molecule has 2 heterocycles. The number of unbranched alkanes of at least 4 members (excludes halogenated alkanes) is 4. The number of hydrogen-bond donors (Lipinski definition) is 1. The summed E-state index contributed by atoms with van der Waals surface area (Å²) in [7, 11) is 0. The maximum absolute atomic E-state index is 14.9. The molecule has 3 rings (SSSR count). The Morgan fingerprint density at radius 1 is 1.11 bits per heavy atom. The van der Waals surface area contributed by atoms with Crippen molar-refractivity contribution in [1.29, 1.82) is 0 Å². The van der Waals surface area contributed by atoms with Gasteiger partial charge in [0.2, 0.25) is 6.41 Å². The average Bonchev–Trinajstić information content (AvgIpc) is 3.24. The molecule has 0 bridgehead atoms. The van der Waals surface area contributed by atoms with Gasteiger partial charge in [0.15, 0.2) is 0 Å². The van der Waals surface area contributed by atoms with E-state index in [1.165, 1.54) is 11.0 Å². The Balaban J connectivity index is 1.63. The number of hydroxylamine groups is 2. The van der Waals surface area contributed by atoms with Crippen molar-refractivity contribution < 1.29 is 33.4 Å². The Morgan fingerprint density at radius 3 is 2.47 bits per heavy atom. The second-order valence-electron chi connectivity index (χ2n) is 9.30. The monoisotopic (exact) mass is 509 g/mol. The normalized spacial score (nSPS) is 20.0. The minimum atomic E-state index is -1.30. The van der Waals surface area contributed by atoms with Crippen LogP contribution in [0.4, 0.5) is 15.8 Å². The van der Waals surface area contributed by atoms with Crippen molar-refractivity contribution in [2.75, 3.05) is 49.2 Å². The van der Waals surface area contributed by atoms with Crippen molar-refractivity contribution in [3.8, 4) is 0 Å². The molecule has 36 heavy (non-hydrogen) atoms. The maximum atomic E-state index is 14.9. The van der Waals surface area contributed by atoms with Gasteiger partial charge in [-0.3, -0.25) is 4.79 Å². The molecular formula is C26H40FN3O6. The number of carbonyl (C=O) groups excluding carboxylic acids is 2. The molecule has 2 saturated heterocycles.